The van der Waals surface area contributed by atoms with Gasteiger partial charge in [-0.2, -0.15) is 0 Å². The average Bonchev–Trinajstić information content (AvgIpc) is 3.34. The van der Waals surface area contributed by atoms with Gasteiger partial charge in [0.15, 0.2) is 0 Å². The summed E-state index contributed by atoms with van der Waals surface area (Å²) in [6.07, 6.45) is 6.88. The maximum atomic E-state index is 14.2. The third-order valence-corrected chi connectivity index (χ3v) is 8.59. The van der Waals surface area contributed by atoms with Gasteiger partial charge in [0, 0.05) is 12.6 Å². The summed E-state index contributed by atoms with van der Waals surface area (Å²) >= 11 is 0. The van der Waals surface area contributed by atoms with Gasteiger partial charge in [0.25, 0.3) is 0 Å². The summed E-state index contributed by atoms with van der Waals surface area (Å²) in [5, 5.41) is 10.2. The Morgan fingerprint density at radius 3 is 2.56 bits per heavy atom. The number of unbranched alkanes of at least 4 members (excludes halogenated alkanes) is 2. The van der Waals surface area contributed by atoms with Crippen LogP contribution in [-0.4, -0.2) is 81.8 Å². The lowest BCUT2D eigenvalue weighted by Gasteiger charge is -2.40. The Balaban J connectivity index is 2.04. The number of carbonyl (C=O) groups excluding carboxylic acids is 3. The first kappa shape index (κ1) is 28.4. The van der Waals surface area contributed by atoms with Crippen molar-refractivity contribution in [2.45, 2.75) is 96.1 Å². The summed E-state index contributed by atoms with van der Waals surface area (Å²) in [5.41, 5.74) is -2.06. The molecule has 1 N–H and O–H groups in total. The molecule has 3 saturated heterocycles. The highest BCUT2D eigenvalue weighted by Crippen LogP contribution is 2.65. The van der Waals surface area contributed by atoms with Gasteiger partial charge < -0.3 is 24.4 Å². The monoisotopic (exact) mass is 504 g/mol. The summed E-state index contributed by atoms with van der Waals surface area (Å²) in [6.45, 7) is 17.4. The van der Waals surface area contributed by atoms with E-state index in [0.717, 1.165) is 12.8 Å². The molecule has 0 aromatic heterocycles. The molecule has 3 unspecified atom stereocenters. The van der Waals surface area contributed by atoms with Crippen molar-refractivity contribution >= 4 is 17.8 Å². The SMILES string of the molecule is C=CCCCCOC(=O)[C@H]1[C@H]2C(=O)N([C@@H](CC)CO)C(C(=O)N(CC=C)C(C)C)C23CC(C)[C@]1(C)O3. The lowest BCUT2D eigenvalue weighted by molar-refractivity contribution is -0.164. The van der Waals surface area contributed by atoms with Crippen LogP contribution in [0.5, 0.6) is 0 Å². The molecule has 3 aliphatic rings. The van der Waals surface area contributed by atoms with Crippen LogP contribution in [0.3, 0.4) is 0 Å². The van der Waals surface area contributed by atoms with E-state index in [4.69, 9.17) is 9.47 Å². The van der Waals surface area contributed by atoms with E-state index >= 15 is 0 Å². The van der Waals surface area contributed by atoms with E-state index in [1.165, 1.54) is 4.90 Å². The summed E-state index contributed by atoms with van der Waals surface area (Å²) in [5.74, 6) is -2.68. The highest BCUT2D eigenvalue weighted by molar-refractivity contribution is 5.99. The van der Waals surface area contributed by atoms with Gasteiger partial charge in [0.05, 0.1) is 30.8 Å². The first-order valence-corrected chi connectivity index (χ1v) is 13.4. The van der Waals surface area contributed by atoms with Crippen LogP contribution in [0.25, 0.3) is 0 Å². The van der Waals surface area contributed by atoms with E-state index < -0.39 is 41.1 Å². The Labute approximate surface area is 215 Å². The van der Waals surface area contributed by atoms with Gasteiger partial charge in [-0.3, -0.25) is 14.4 Å². The van der Waals surface area contributed by atoms with E-state index in [1.54, 1.807) is 11.0 Å². The Morgan fingerprint density at radius 1 is 1.31 bits per heavy atom. The third-order valence-electron chi connectivity index (χ3n) is 8.59. The number of allylic oxidation sites excluding steroid dienone is 1. The van der Waals surface area contributed by atoms with Crippen molar-refractivity contribution in [3.05, 3.63) is 25.3 Å². The Bertz CT molecular complexity index is 870. The molecule has 8 nitrogen and oxygen atoms in total. The molecule has 0 saturated carbocycles. The smallest absolute Gasteiger partial charge is 0.312 e. The number of rotatable bonds is 13. The number of esters is 1. The largest absolute Gasteiger partial charge is 0.465 e. The van der Waals surface area contributed by atoms with Crippen LogP contribution in [0.1, 0.15) is 66.7 Å². The van der Waals surface area contributed by atoms with E-state index in [-0.39, 0.29) is 37.0 Å². The molecular weight excluding hydrogens is 460 g/mol. The van der Waals surface area contributed by atoms with Gasteiger partial charge in [-0.05, 0) is 58.8 Å². The van der Waals surface area contributed by atoms with Crippen LogP contribution in [0.15, 0.2) is 25.3 Å². The molecule has 0 radical (unpaired) electrons. The maximum absolute atomic E-state index is 14.2. The first-order valence-electron chi connectivity index (χ1n) is 13.4. The van der Waals surface area contributed by atoms with Crippen molar-refractivity contribution in [3.63, 3.8) is 0 Å². The van der Waals surface area contributed by atoms with Crippen molar-refractivity contribution in [3.8, 4) is 0 Å². The van der Waals surface area contributed by atoms with Crippen molar-refractivity contribution in [2.75, 3.05) is 19.8 Å². The van der Waals surface area contributed by atoms with Gasteiger partial charge >= 0.3 is 5.97 Å². The predicted molar refractivity (Wildman–Crippen MR) is 137 cm³/mol. The molecule has 2 bridgehead atoms. The fourth-order valence-corrected chi connectivity index (χ4v) is 6.63. The number of ether oxygens (including phenoxy) is 2. The minimum absolute atomic E-state index is 0.0591. The number of aliphatic hydroxyl groups excluding tert-OH is 1. The minimum atomic E-state index is -1.15. The minimum Gasteiger partial charge on any atom is -0.465 e. The van der Waals surface area contributed by atoms with Gasteiger partial charge in [-0.15, -0.1) is 13.2 Å². The zero-order valence-corrected chi connectivity index (χ0v) is 22.6. The van der Waals surface area contributed by atoms with Gasteiger partial charge in [-0.25, -0.2) is 0 Å². The number of amides is 2. The van der Waals surface area contributed by atoms with Crippen LogP contribution in [-0.2, 0) is 23.9 Å². The Kier molecular flexibility index (Phi) is 8.71. The summed E-state index contributed by atoms with van der Waals surface area (Å²) < 4.78 is 12.4. The lowest BCUT2D eigenvalue weighted by Crippen LogP contribution is -2.59. The molecule has 1 spiro atoms. The lowest BCUT2D eigenvalue weighted by atomic mass is 9.62. The summed E-state index contributed by atoms with van der Waals surface area (Å²) in [6, 6.07) is -1.60. The molecule has 36 heavy (non-hydrogen) atoms. The fraction of sp³-hybridized carbons (Fsp3) is 0.750. The molecular formula is C28H44N2O6. The summed E-state index contributed by atoms with van der Waals surface area (Å²) in [7, 11) is 0. The van der Waals surface area contributed by atoms with Crippen LogP contribution in [0, 0.1) is 17.8 Å². The molecule has 0 aromatic carbocycles. The second-order valence-electron chi connectivity index (χ2n) is 11.0. The molecule has 0 aliphatic carbocycles. The van der Waals surface area contributed by atoms with Crippen molar-refractivity contribution < 1.29 is 29.0 Å². The average molecular weight is 505 g/mol. The van der Waals surface area contributed by atoms with E-state index in [1.807, 2.05) is 40.7 Å². The van der Waals surface area contributed by atoms with Gasteiger partial charge in [0.2, 0.25) is 11.8 Å². The molecule has 3 rings (SSSR count). The topological polar surface area (TPSA) is 96.4 Å². The molecule has 3 heterocycles. The Morgan fingerprint density at radius 2 is 2.00 bits per heavy atom. The molecule has 3 fully saturated rings. The van der Waals surface area contributed by atoms with E-state index in [9.17, 15) is 19.5 Å². The van der Waals surface area contributed by atoms with Crippen LogP contribution < -0.4 is 0 Å². The number of likely N-dealkylation sites (tertiary alicyclic amines) is 1. The second-order valence-corrected chi connectivity index (χ2v) is 11.0. The van der Waals surface area contributed by atoms with Crippen LogP contribution in [0.2, 0.25) is 0 Å². The maximum Gasteiger partial charge on any atom is 0.312 e. The van der Waals surface area contributed by atoms with Crippen LogP contribution >= 0.6 is 0 Å². The highest BCUT2D eigenvalue weighted by atomic mass is 16.6. The van der Waals surface area contributed by atoms with Crippen molar-refractivity contribution in [1.82, 2.24) is 9.80 Å². The molecule has 2 amide bonds. The van der Waals surface area contributed by atoms with Crippen LogP contribution in [0.4, 0.5) is 0 Å². The number of fused-ring (bicyclic) bond motifs is 1. The van der Waals surface area contributed by atoms with Gasteiger partial charge in [-0.1, -0.05) is 26.0 Å². The van der Waals surface area contributed by atoms with Gasteiger partial charge in [0.1, 0.15) is 17.6 Å². The first-order chi connectivity index (χ1) is 17.0. The number of hydrogen-bond donors (Lipinski definition) is 1. The van der Waals surface area contributed by atoms with Crippen molar-refractivity contribution in [1.29, 1.82) is 0 Å². The van der Waals surface area contributed by atoms with E-state index in [2.05, 4.69) is 13.2 Å². The molecule has 202 valence electrons. The number of hydrogen-bond acceptors (Lipinski definition) is 6. The number of carbonyl (C=O) groups is 3. The highest BCUT2D eigenvalue weighted by Gasteiger charge is 2.80. The quantitative estimate of drug-likeness (QED) is 0.235. The van der Waals surface area contributed by atoms with Crippen molar-refractivity contribution in [2.24, 2.45) is 17.8 Å². The molecule has 8 heteroatoms. The normalized spacial score (nSPS) is 33.5. The zero-order chi connectivity index (χ0) is 26.8. The predicted octanol–water partition coefficient (Wildman–Crippen LogP) is 3.09. The van der Waals surface area contributed by atoms with E-state index in [0.29, 0.717) is 25.8 Å². The summed E-state index contributed by atoms with van der Waals surface area (Å²) in [4.78, 5) is 45.0. The molecule has 7 atom stereocenters. The zero-order valence-electron chi connectivity index (χ0n) is 22.6. The standard InChI is InChI=1S/C28H44N2O6/c1-8-11-12-13-15-35-26(34)22-21-24(32)30(20(10-3)17-31)23(25(33)29(14-9-2)18(4)5)28(21)16-19(6)27(22,7)36-28/h8-9,18-23,31H,1-2,10-17H2,3-7H3/t19?,20-,21-,22+,23?,27-,28?/m0/s1. The second kappa shape index (κ2) is 11.1. The third kappa shape index (κ3) is 4.40. The fourth-order valence-electron chi connectivity index (χ4n) is 6.63. The number of nitrogens with zero attached hydrogens (tertiary/aromatic N) is 2. The Hall–Kier alpha value is -2.19. The number of aliphatic hydroxyl groups is 1. The molecule has 3 aliphatic heterocycles. The molecule has 0 aromatic rings.